The number of rotatable bonds is 4. The first-order valence-corrected chi connectivity index (χ1v) is 6.89. The third-order valence-electron chi connectivity index (χ3n) is 3.96. The van der Waals surface area contributed by atoms with Gasteiger partial charge < -0.3 is 9.47 Å². The van der Waals surface area contributed by atoms with Crippen molar-refractivity contribution in [1.82, 2.24) is 0 Å². The molecular formula is C16H22O3. The molecule has 0 saturated carbocycles. The average molecular weight is 262 g/mol. The average Bonchev–Trinajstić information content (AvgIpc) is 2.88. The van der Waals surface area contributed by atoms with E-state index in [9.17, 15) is 4.79 Å². The molecule has 1 heterocycles. The van der Waals surface area contributed by atoms with Gasteiger partial charge in [-0.25, -0.2) is 0 Å². The second-order valence-corrected chi connectivity index (χ2v) is 5.21. The smallest absolute Gasteiger partial charge is 0.168 e. The molecule has 0 bridgehead atoms. The van der Waals surface area contributed by atoms with Crippen LogP contribution in [-0.4, -0.2) is 25.6 Å². The van der Waals surface area contributed by atoms with E-state index < -0.39 is 0 Å². The third kappa shape index (κ3) is 2.66. The van der Waals surface area contributed by atoms with Gasteiger partial charge in [0.2, 0.25) is 0 Å². The van der Waals surface area contributed by atoms with Gasteiger partial charge in [0.1, 0.15) is 5.75 Å². The van der Waals surface area contributed by atoms with Crippen molar-refractivity contribution >= 4 is 5.78 Å². The molecule has 1 aliphatic heterocycles. The van der Waals surface area contributed by atoms with Crippen molar-refractivity contribution in [2.45, 2.75) is 39.7 Å². The number of aryl methyl sites for hydroxylation is 2. The van der Waals surface area contributed by atoms with Crippen LogP contribution in [0, 0.1) is 19.8 Å². The van der Waals surface area contributed by atoms with Gasteiger partial charge in [0.15, 0.2) is 5.78 Å². The molecule has 0 aliphatic carbocycles. The normalized spacial score (nSPS) is 22.5. The summed E-state index contributed by atoms with van der Waals surface area (Å²) in [6.45, 7) is 6.70. The first-order valence-electron chi connectivity index (χ1n) is 6.89. The van der Waals surface area contributed by atoms with Gasteiger partial charge in [0, 0.05) is 12.2 Å². The predicted molar refractivity (Wildman–Crippen MR) is 74.9 cm³/mol. The first-order chi connectivity index (χ1) is 9.08. The molecule has 0 aromatic heterocycles. The third-order valence-corrected chi connectivity index (χ3v) is 3.96. The summed E-state index contributed by atoms with van der Waals surface area (Å²) >= 11 is 0. The number of carbonyl (C=O) groups excluding carboxylic acids is 1. The number of carbonyl (C=O) groups is 1. The molecular weight excluding hydrogens is 240 g/mol. The Morgan fingerprint density at radius 3 is 2.74 bits per heavy atom. The van der Waals surface area contributed by atoms with Gasteiger partial charge in [0.05, 0.1) is 19.1 Å². The van der Waals surface area contributed by atoms with Crippen molar-refractivity contribution in [3.05, 3.63) is 28.8 Å². The molecule has 1 aromatic rings. The van der Waals surface area contributed by atoms with E-state index in [1.807, 2.05) is 26.0 Å². The molecule has 0 radical (unpaired) electrons. The first kappa shape index (κ1) is 14.1. The highest BCUT2D eigenvalue weighted by molar-refractivity contribution is 6.00. The summed E-state index contributed by atoms with van der Waals surface area (Å²) in [6, 6.07) is 3.89. The van der Waals surface area contributed by atoms with Crippen LogP contribution in [0.2, 0.25) is 0 Å². The van der Waals surface area contributed by atoms with Gasteiger partial charge in [-0.15, -0.1) is 0 Å². The minimum atomic E-state index is 0.0106. The van der Waals surface area contributed by atoms with Gasteiger partial charge in [-0.1, -0.05) is 6.92 Å². The molecule has 1 saturated heterocycles. The Hall–Kier alpha value is -1.35. The van der Waals surface area contributed by atoms with Crippen LogP contribution < -0.4 is 4.74 Å². The zero-order valence-corrected chi connectivity index (χ0v) is 12.2. The fourth-order valence-electron chi connectivity index (χ4n) is 2.83. The van der Waals surface area contributed by atoms with Crippen LogP contribution in [0.1, 0.15) is 41.3 Å². The van der Waals surface area contributed by atoms with Gasteiger partial charge in [0.25, 0.3) is 0 Å². The highest BCUT2D eigenvalue weighted by Crippen LogP contribution is 2.30. The van der Waals surface area contributed by atoms with Crippen LogP contribution >= 0.6 is 0 Å². The highest BCUT2D eigenvalue weighted by Gasteiger charge is 2.33. The lowest BCUT2D eigenvalue weighted by atomic mass is 9.88. The second-order valence-electron chi connectivity index (χ2n) is 5.21. The summed E-state index contributed by atoms with van der Waals surface area (Å²) in [5.41, 5.74) is 2.80. The molecule has 3 heteroatoms. The Labute approximate surface area is 114 Å². The van der Waals surface area contributed by atoms with E-state index in [0.29, 0.717) is 6.61 Å². The zero-order chi connectivity index (χ0) is 14.0. The molecule has 104 valence electrons. The summed E-state index contributed by atoms with van der Waals surface area (Å²) < 4.78 is 10.9. The number of methoxy groups -OCH3 is 1. The Bertz CT molecular complexity index is 479. The van der Waals surface area contributed by atoms with Crippen molar-refractivity contribution in [1.29, 1.82) is 0 Å². The fourth-order valence-corrected chi connectivity index (χ4v) is 2.83. The van der Waals surface area contributed by atoms with Crippen molar-refractivity contribution in [2.24, 2.45) is 5.92 Å². The van der Waals surface area contributed by atoms with E-state index in [1.54, 1.807) is 7.11 Å². The van der Waals surface area contributed by atoms with Crippen LogP contribution in [-0.2, 0) is 4.74 Å². The van der Waals surface area contributed by atoms with Crippen molar-refractivity contribution in [2.75, 3.05) is 13.7 Å². The molecule has 1 aromatic carbocycles. The molecule has 0 spiro atoms. The highest BCUT2D eigenvalue weighted by atomic mass is 16.5. The largest absolute Gasteiger partial charge is 0.496 e. The Kier molecular flexibility index (Phi) is 4.25. The second kappa shape index (κ2) is 5.74. The molecule has 2 atom stereocenters. The SMILES string of the molecule is CCC1OCCC1C(=O)c1cc(C)c(OC)cc1C. The maximum atomic E-state index is 12.7. The van der Waals surface area contributed by atoms with Crippen molar-refractivity contribution in [3.63, 3.8) is 0 Å². The molecule has 0 amide bonds. The Morgan fingerprint density at radius 2 is 2.11 bits per heavy atom. The minimum Gasteiger partial charge on any atom is -0.496 e. The topological polar surface area (TPSA) is 35.5 Å². The number of benzene rings is 1. The summed E-state index contributed by atoms with van der Waals surface area (Å²) in [6.07, 6.45) is 1.81. The van der Waals surface area contributed by atoms with E-state index in [0.717, 1.165) is 35.3 Å². The monoisotopic (exact) mass is 262 g/mol. The van der Waals surface area contributed by atoms with E-state index in [1.165, 1.54) is 0 Å². The van der Waals surface area contributed by atoms with E-state index >= 15 is 0 Å². The standard InChI is InChI=1S/C16H22O3/c1-5-14-12(6-7-19-14)16(17)13-8-11(3)15(18-4)9-10(13)2/h8-9,12,14H,5-7H2,1-4H3. The lowest BCUT2D eigenvalue weighted by molar-refractivity contribution is 0.0688. The predicted octanol–water partition coefficient (Wildman–Crippen LogP) is 3.31. The number of ketones is 1. The summed E-state index contributed by atoms with van der Waals surface area (Å²) in [5, 5.41) is 0. The molecule has 1 fully saturated rings. The number of hydrogen-bond donors (Lipinski definition) is 0. The molecule has 2 unspecified atom stereocenters. The number of ether oxygens (including phenoxy) is 2. The van der Waals surface area contributed by atoms with Crippen LogP contribution in [0.3, 0.4) is 0 Å². The number of hydrogen-bond acceptors (Lipinski definition) is 3. The summed E-state index contributed by atoms with van der Waals surface area (Å²) in [4.78, 5) is 12.7. The maximum Gasteiger partial charge on any atom is 0.168 e. The number of Topliss-reactive ketones (excluding diaryl/α,β-unsaturated/α-hetero) is 1. The lowest BCUT2D eigenvalue weighted by Crippen LogP contribution is -2.24. The molecule has 0 N–H and O–H groups in total. The van der Waals surface area contributed by atoms with E-state index in [4.69, 9.17) is 9.47 Å². The van der Waals surface area contributed by atoms with Gasteiger partial charge >= 0.3 is 0 Å². The Morgan fingerprint density at radius 1 is 1.37 bits per heavy atom. The zero-order valence-electron chi connectivity index (χ0n) is 12.2. The van der Waals surface area contributed by atoms with Gasteiger partial charge in [-0.3, -0.25) is 4.79 Å². The van der Waals surface area contributed by atoms with Crippen molar-refractivity contribution < 1.29 is 14.3 Å². The lowest BCUT2D eigenvalue weighted by Gasteiger charge is -2.18. The van der Waals surface area contributed by atoms with E-state index in [2.05, 4.69) is 6.92 Å². The Balaban J connectivity index is 2.31. The van der Waals surface area contributed by atoms with Crippen LogP contribution in [0.25, 0.3) is 0 Å². The van der Waals surface area contributed by atoms with Crippen LogP contribution in [0.4, 0.5) is 0 Å². The molecule has 1 aliphatic rings. The summed E-state index contributed by atoms with van der Waals surface area (Å²) in [7, 11) is 1.65. The maximum absolute atomic E-state index is 12.7. The molecule has 3 nitrogen and oxygen atoms in total. The minimum absolute atomic E-state index is 0.0106. The van der Waals surface area contributed by atoms with Crippen molar-refractivity contribution in [3.8, 4) is 5.75 Å². The summed E-state index contributed by atoms with van der Waals surface area (Å²) in [5.74, 6) is 1.06. The molecule has 19 heavy (non-hydrogen) atoms. The van der Waals surface area contributed by atoms with Crippen LogP contribution in [0.5, 0.6) is 5.75 Å². The molecule has 2 rings (SSSR count). The van der Waals surface area contributed by atoms with Gasteiger partial charge in [-0.05, 0) is 49.9 Å². The van der Waals surface area contributed by atoms with Crippen LogP contribution in [0.15, 0.2) is 12.1 Å². The quantitative estimate of drug-likeness (QED) is 0.781. The van der Waals surface area contributed by atoms with E-state index in [-0.39, 0.29) is 17.8 Å². The van der Waals surface area contributed by atoms with Gasteiger partial charge in [-0.2, -0.15) is 0 Å². The fraction of sp³-hybridized carbons (Fsp3) is 0.562.